The van der Waals surface area contributed by atoms with Crippen LogP contribution in [0.1, 0.15) is 24.5 Å². The summed E-state index contributed by atoms with van der Waals surface area (Å²) in [4.78, 5) is 10.8. The standard InChI is InChI=1S/C14H20N2O2/c1-9-3-4-13-11(5-9)7-12(18-13)8-16-10(2)6-14(15)17/h3-5,10,12,16H,6-8H2,1-2H3,(H2,15,17). The average molecular weight is 248 g/mol. The highest BCUT2D eigenvalue weighted by Crippen LogP contribution is 2.29. The molecule has 1 aromatic rings. The molecule has 2 rings (SSSR count). The van der Waals surface area contributed by atoms with E-state index in [2.05, 4.69) is 24.4 Å². The van der Waals surface area contributed by atoms with Crippen LogP contribution in [-0.2, 0) is 11.2 Å². The number of nitrogens with two attached hydrogens (primary N) is 1. The third-order valence-electron chi connectivity index (χ3n) is 3.16. The summed E-state index contributed by atoms with van der Waals surface area (Å²) in [6.45, 7) is 4.78. The topological polar surface area (TPSA) is 64.3 Å². The summed E-state index contributed by atoms with van der Waals surface area (Å²) in [5, 5.41) is 3.28. The first kappa shape index (κ1) is 12.9. The molecule has 2 unspecified atom stereocenters. The van der Waals surface area contributed by atoms with Crippen molar-refractivity contribution < 1.29 is 9.53 Å². The molecule has 0 saturated heterocycles. The number of primary amides is 1. The van der Waals surface area contributed by atoms with Crippen molar-refractivity contribution in [2.45, 2.75) is 38.8 Å². The second-order valence-electron chi connectivity index (χ2n) is 5.03. The molecule has 0 aromatic heterocycles. The molecule has 0 spiro atoms. The third kappa shape index (κ3) is 3.23. The number of carbonyl (C=O) groups is 1. The molecule has 1 heterocycles. The Labute approximate surface area is 108 Å². The first-order chi connectivity index (χ1) is 8.54. The van der Waals surface area contributed by atoms with Crippen molar-refractivity contribution in [1.29, 1.82) is 0 Å². The van der Waals surface area contributed by atoms with Crippen molar-refractivity contribution in [3.63, 3.8) is 0 Å². The number of benzene rings is 1. The Morgan fingerprint density at radius 3 is 3.11 bits per heavy atom. The van der Waals surface area contributed by atoms with E-state index in [1.165, 1.54) is 11.1 Å². The summed E-state index contributed by atoms with van der Waals surface area (Å²) >= 11 is 0. The Balaban J connectivity index is 1.83. The van der Waals surface area contributed by atoms with Gasteiger partial charge in [-0.2, -0.15) is 0 Å². The number of hydrogen-bond donors (Lipinski definition) is 2. The Morgan fingerprint density at radius 2 is 2.39 bits per heavy atom. The van der Waals surface area contributed by atoms with E-state index in [1.54, 1.807) is 0 Å². The average Bonchev–Trinajstić information content (AvgIpc) is 2.67. The van der Waals surface area contributed by atoms with E-state index in [1.807, 2.05) is 13.0 Å². The number of amides is 1. The number of rotatable bonds is 5. The van der Waals surface area contributed by atoms with Gasteiger partial charge in [0.1, 0.15) is 11.9 Å². The van der Waals surface area contributed by atoms with Crippen molar-refractivity contribution in [2.24, 2.45) is 5.73 Å². The zero-order chi connectivity index (χ0) is 13.1. The minimum Gasteiger partial charge on any atom is -0.488 e. The van der Waals surface area contributed by atoms with Crippen LogP contribution in [-0.4, -0.2) is 24.6 Å². The lowest BCUT2D eigenvalue weighted by atomic mass is 10.1. The predicted octanol–water partition coefficient (Wildman–Crippen LogP) is 1.15. The van der Waals surface area contributed by atoms with Crippen molar-refractivity contribution >= 4 is 5.91 Å². The third-order valence-corrected chi connectivity index (χ3v) is 3.16. The number of fused-ring (bicyclic) bond motifs is 1. The molecule has 4 heteroatoms. The Hall–Kier alpha value is -1.55. The van der Waals surface area contributed by atoms with E-state index in [0.717, 1.165) is 18.7 Å². The molecule has 1 aromatic carbocycles. The Kier molecular flexibility index (Phi) is 3.87. The van der Waals surface area contributed by atoms with Crippen LogP contribution in [0.25, 0.3) is 0 Å². The van der Waals surface area contributed by atoms with Gasteiger partial charge in [-0.05, 0) is 25.5 Å². The van der Waals surface area contributed by atoms with Crippen LogP contribution >= 0.6 is 0 Å². The van der Waals surface area contributed by atoms with Gasteiger partial charge < -0.3 is 15.8 Å². The van der Waals surface area contributed by atoms with Gasteiger partial charge in [-0.15, -0.1) is 0 Å². The zero-order valence-electron chi connectivity index (χ0n) is 10.9. The SMILES string of the molecule is Cc1ccc2c(c1)CC(CNC(C)CC(N)=O)O2. The maximum atomic E-state index is 10.8. The maximum Gasteiger partial charge on any atom is 0.218 e. The molecule has 4 nitrogen and oxygen atoms in total. The lowest BCUT2D eigenvalue weighted by molar-refractivity contribution is -0.118. The van der Waals surface area contributed by atoms with Crippen LogP contribution in [0.15, 0.2) is 18.2 Å². The highest BCUT2D eigenvalue weighted by atomic mass is 16.5. The van der Waals surface area contributed by atoms with E-state index in [-0.39, 0.29) is 18.1 Å². The molecule has 1 aliphatic heterocycles. The minimum atomic E-state index is -0.277. The second-order valence-corrected chi connectivity index (χ2v) is 5.03. The van der Waals surface area contributed by atoms with Crippen LogP contribution in [0.2, 0.25) is 0 Å². The van der Waals surface area contributed by atoms with Gasteiger partial charge in [0.05, 0.1) is 0 Å². The normalized spacial score (nSPS) is 19.1. The van der Waals surface area contributed by atoms with Gasteiger partial charge in [0.2, 0.25) is 5.91 Å². The highest BCUT2D eigenvalue weighted by Gasteiger charge is 2.23. The summed E-state index contributed by atoms with van der Waals surface area (Å²) < 4.78 is 5.84. The number of aryl methyl sites for hydroxylation is 1. The molecule has 0 aliphatic carbocycles. The van der Waals surface area contributed by atoms with Crippen LogP contribution < -0.4 is 15.8 Å². The molecular weight excluding hydrogens is 228 g/mol. The van der Waals surface area contributed by atoms with Crippen molar-refractivity contribution in [3.05, 3.63) is 29.3 Å². The van der Waals surface area contributed by atoms with Crippen LogP contribution in [0.3, 0.4) is 0 Å². The zero-order valence-corrected chi connectivity index (χ0v) is 10.9. The number of nitrogens with one attached hydrogen (secondary N) is 1. The van der Waals surface area contributed by atoms with Gasteiger partial charge in [0.15, 0.2) is 0 Å². The summed E-state index contributed by atoms with van der Waals surface area (Å²) in [5.41, 5.74) is 7.68. The molecular formula is C14H20N2O2. The lowest BCUT2D eigenvalue weighted by Gasteiger charge is -2.16. The van der Waals surface area contributed by atoms with Crippen molar-refractivity contribution in [3.8, 4) is 5.75 Å². The van der Waals surface area contributed by atoms with E-state index < -0.39 is 0 Å². The van der Waals surface area contributed by atoms with E-state index in [0.29, 0.717) is 6.42 Å². The first-order valence-corrected chi connectivity index (χ1v) is 6.32. The quantitative estimate of drug-likeness (QED) is 0.821. The molecule has 0 radical (unpaired) electrons. The summed E-state index contributed by atoms with van der Waals surface area (Å²) in [5.74, 6) is 0.705. The Morgan fingerprint density at radius 1 is 1.61 bits per heavy atom. The number of ether oxygens (including phenoxy) is 1. The minimum absolute atomic E-state index is 0.0940. The fourth-order valence-electron chi connectivity index (χ4n) is 2.27. The fraction of sp³-hybridized carbons (Fsp3) is 0.500. The number of hydrogen-bond acceptors (Lipinski definition) is 3. The molecule has 1 amide bonds. The van der Waals surface area contributed by atoms with Gasteiger partial charge in [-0.1, -0.05) is 17.7 Å². The first-order valence-electron chi connectivity index (χ1n) is 6.32. The van der Waals surface area contributed by atoms with Crippen molar-refractivity contribution in [2.75, 3.05) is 6.54 Å². The highest BCUT2D eigenvalue weighted by molar-refractivity contribution is 5.74. The molecule has 18 heavy (non-hydrogen) atoms. The molecule has 0 fully saturated rings. The summed E-state index contributed by atoms with van der Waals surface area (Å²) in [7, 11) is 0. The van der Waals surface area contributed by atoms with E-state index in [9.17, 15) is 4.79 Å². The molecule has 1 aliphatic rings. The predicted molar refractivity (Wildman–Crippen MR) is 70.6 cm³/mol. The smallest absolute Gasteiger partial charge is 0.218 e. The second kappa shape index (κ2) is 5.40. The van der Waals surface area contributed by atoms with Gasteiger partial charge in [0, 0.05) is 25.4 Å². The monoisotopic (exact) mass is 248 g/mol. The molecule has 3 N–H and O–H groups in total. The van der Waals surface area contributed by atoms with Gasteiger partial charge in [-0.3, -0.25) is 4.79 Å². The van der Waals surface area contributed by atoms with E-state index >= 15 is 0 Å². The van der Waals surface area contributed by atoms with Gasteiger partial charge in [-0.25, -0.2) is 0 Å². The van der Waals surface area contributed by atoms with Gasteiger partial charge >= 0.3 is 0 Å². The summed E-state index contributed by atoms with van der Waals surface area (Å²) in [6.07, 6.45) is 1.43. The molecule has 0 bridgehead atoms. The summed E-state index contributed by atoms with van der Waals surface area (Å²) in [6, 6.07) is 6.35. The number of carbonyl (C=O) groups excluding carboxylic acids is 1. The van der Waals surface area contributed by atoms with Crippen LogP contribution in [0, 0.1) is 6.92 Å². The van der Waals surface area contributed by atoms with Crippen LogP contribution in [0.4, 0.5) is 0 Å². The van der Waals surface area contributed by atoms with Crippen LogP contribution in [0.5, 0.6) is 5.75 Å². The molecule has 0 saturated carbocycles. The van der Waals surface area contributed by atoms with Crippen molar-refractivity contribution in [1.82, 2.24) is 5.32 Å². The van der Waals surface area contributed by atoms with E-state index in [4.69, 9.17) is 10.5 Å². The molecule has 98 valence electrons. The Bertz CT molecular complexity index is 445. The lowest BCUT2D eigenvalue weighted by Crippen LogP contribution is -2.38. The van der Waals surface area contributed by atoms with Gasteiger partial charge in [0.25, 0.3) is 0 Å². The fourth-order valence-corrected chi connectivity index (χ4v) is 2.27. The maximum absolute atomic E-state index is 10.8. The molecule has 2 atom stereocenters. The largest absolute Gasteiger partial charge is 0.488 e.